The fraction of sp³-hybridized carbons (Fsp3) is 0.429. The molecular formula is C21H27NO3. The number of hydrogen-bond donors (Lipinski definition) is 1. The van der Waals surface area contributed by atoms with Crippen LogP contribution in [0.1, 0.15) is 25.3 Å². The molecule has 0 saturated carbocycles. The molecule has 0 bridgehead atoms. The van der Waals surface area contributed by atoms with E-state index in [4.69, 9.17) is 14.2 Å². The molecule has 1 fully saturated rings. The number of benzene rings is 2. The van der Waals surface area contributed by atoms with Crippen molar-refractivity contribution < 1.29 is 14.2 Å². The summed E-state index contributed by atoms with van der Waals surface area (Å²) in [5.41, 5.74) is 2.36. The fourth-order valence-corrected chi connectivity index (χ4v) is 2.85. The molecule has 4 nitrogen and oxygen atoms in total. The van der Waals surface area contributed by atoms with Crippen LogP contribution in [0.4, 0.5) is 5.69 Å². The van der Waals surface area contributed by atoms with Gasteiger partial charge in [0.05, 0.1) is 6.10 Å². The number of ether oxygens (including phenoxy) is 3. The van der Waals surface area contributed by atoms with E-state index in [1.54, 1.807) is 0 Å². The van der Waals surface area contributed by atoms with Crippen molar-refractivity contribution in [3.05, 3.63) is 54.1 Å². The average Bonchev–Trinajstić information content (AvgIpc) is 3.18. The first-order chi connectivity index (χ1) is 12.3. The highest BCUT2D eigenvalue weighted by Crippen LogP contribution is 2.19. The van der Waals surface area contributed by atoms with Crippen LogP contribution in [0.2, 0.25) is 0 Å². The van der Waals surface area contributed by atoms with Gasteiger partial charge in [-0.05, 0) is 49.1 Å². The summed E-state index contributed by atoms with van der Waals surface area (Å²) >= 11 is 0. The minimum absolute atomic E-state index is 0.240. The molecule has 0 aliphatic carbocycles. The number of hydrogen-bond acceptors (Lipinski definition) is 4. The van der Waals surface area contributed by atoms with Crippen LogP contribution in [0.5, 0.6) is 11.5 Å². The Morgan fingerprint density at radius 2 is 1.96 bits per heavy atom. The van der Waals surface area contributed by atoms with Crippen LogP contribution in [0.25, 0.3) is 0 Å². The van der Waals surface area contributed by atoms with Gasteiger partial charge in [0.2, 0.25) is 0 Å². The number of aryl methyl sites for hydroxylation is 1. The number of anilines is 1. The van der Waals surface area contributed by atoms with E-state index in [1.807, 2.05) is 36.4 Å². The van der Waals surface area contributed by atoms with E-state index in [0.717, 1.165) is 49.6 Å². The molecule has 1 saturated heterocycles. The SMILES string of the molecule is CCc1ccc(OCCNc2cccc(OCC3CCCO3)c2)cc1. The minimum atomic E-state index is 0.240. The molecule has 3 rings (SSSR count). The summed E-state index contributed by atoms with van der Waals surface area (Å²) in [7, 11) is 0. The van der Waals surface area contributed by atoms with Crippen molar-refractivity contribution in [2.24, 2.45) is 0 Å². The molecule has 2 aromatic rings. The largest absolute Gasteiger partial charge is 0.492 e. The van der Waals surface area contributed by atoms with Crippen LogP contribution in [0.3, 0.4) is 0 Å². The summed E-state index contributed by atoms with van der Waals surface area (Å²) in [6.45, 7) is 4.99. The maximum atomic E-state index is 5.83. The van der Waals surface area contributed by atoms with Gasteiger partial charge >= 0.3 is 0 Å². The minimum Gasteiger partial charge on any atom is -0.492 e. The lowest BCUT2D eigenvalue weighted by Gasteiger charge is -2.13. The molecule has 1 atom stereocenters. The third kappa shape index (κ3) is 5.68. The highest BCUT2D eigenvalue weighted by molar-refractivity contribution is 5.48. The van der Waals surface area contributed by atoms with Gasteiger partial charge in [0.25, 0.3) is 0 Å². The van der Waals surface area contributed by atoms with E-state index in [1.165, 1.54) is 5.56 Å². The lowest BCUT2D eigenvalue weighted by atomic mass is 10.2. The summed E-state index contributed by atoms with van der Waals surface area (Å²) in [6.07, 6.45) is 3.52. The van der Waals surface area contributed by atoms with Gasteiger partial charge in [0, 0.05) is 24.9 Å². The first kappa shape index (κ1) is 17.6. The van der Waals surface area contributed by atoms with E-state index in [0.29, 0.717) is 13.2 Å². The van der Waals surface area contributed by atoms with Gasteiger partial charge in [-0.3, -0.25) is 0 Å². The van der Waals surface area contributed by atoms with Crippen LogP contribution >= 0.6 is 0 Å². The van der Waals surface area contributed by atoms with Crippen molar-refractivity contribution in [2.45, 2.75) is 32.3 Å². The molecule has 2 aromatic carbocycles. The molecule has 0 spiro atoms. The van der Waals surface area contributed by atoms with Crippen molar-refractivity contribution in [1.29, 1.82) is 0 Å². The van der Waals surface area contributed by atoms with Gasteiger partial charge in [-0.1, -0.05) is 25.1 Å². The van der Waals surface area contributed by atoms with Gasteiger partial charge < -0.3 is 19.5 Å². The van der Waals surface area contributed by atoms with Gasteiger partial charge in [-0.15, -0.1) is 0 Å². The summed E-state index contributed by atoms with van der Waals surface area (Å²) in [4.78, 5) is 0. The lowest BCUT2D eigenvalue weighted by Crippen LogP contribution is -2.16. The third-order valence-corrected chi connectivity index (χ3v) is 4.33. The van der Waals surface area contributed by atoms with Crippen molar-refractivity contribution in [1.82, 2.24) is 0 Å². The Balaban J connectivity index is 1.39. The quantitative estimate of drug-likeness (QED) is 0.691. The number of rotatable bonds is 9. The highest BCUT2D eigenvalue weighted by atomic mass is 16.5. The second kappa shape index (κ2) is 9.33. The molecule has 1 aliphatic rings. The van der Waals surface area contributed by atoms with E-state index in [-0.39, 0.29) is 6.10 Å². The molecule has 1 aliphatic heterocycles. The molecule has 4 heteroatoms. The molecule has 0 amide bonds. The van der Waals surface area contributed by atoms with Crippen molar-refractivity contribution in [2.75, 3.05) is 31.7 Å². The zero-order valence-electron chi connectivity index (χ0n) is 14.9. The second-order valence-electron chi connectivity index (χ2n) is 6.25. The Kier molecular flexibility index (Phi) is 6.57. The zero-order valence-corrected chi connectivity index (χ0v) is 14.9. The van der Waals surface area contributed by atoms with E-state index < -0.39 is 0 Å². The van der Waals surface area contributed by atoms with Gasteiger partial charge in [-0.2, -0.15) is 0 Å². The predicted octanol–water partition coefficient (Wildman–Crippen LogP) is 4.30. The summed E-state index contributed by atoms with van der Waals surface area (Å²) in [5.74, 6) is 1.78. The van der Waals surface area contributed by atoms with Crippen LogP contribution in [0.15, 0.2) is 48.5 Å². The smallest absolute Gasteiger partial charge is 0.121 e. The van der Waals surface area contributed by atoms with Crippen molar-refractivity contribution >= 4 is 5.69 Å². The average molecular weight is 341 g/mol. The summed E-state index contributed by atoms with van der Waals surface area (Å²) < 4.78 is 17.2. The molecule has 0 radical (unpaired) electrons. The van der Waals surface area contributed by atoms with Crippen molar-refractivity contribution in [3.8, 4) is 11.5 Å². The first-order valence-corrected chi connectivity index (χ1v) is 9.13. The van der Waals surface area contributed by atoms with Crippen molar-refractivity contribution in [3.63, 3.8) is 0 Å². The summed E-state index contributed by atoms with van der Waals surface area (Å²) in [6, 6.07) is 16.3. The Hall–Kier alpha value is -2.20. The highest BCUT2D eigenvalue weighted by Gasteiger charge is 2.15. The molecular weight excluding hydrogens is 314 g/mol. The normalized spacial score (nSPS) is 16.6. The number of nitrogens with one attached hydrogen (secondary N) is 1. The molecule has 1 heterocycles. The zero-order chi connectivity index (χ0) is 17.3. The van der Waals surface area contributed by atoms with Gasteiger partial charge in [0.1, 0.15) is 24.7 Å². The molecule has 0 aromatic heterocycles. The molecule has 134 valence electrons. The Morgan fingerprint density at radius 1 is 1.08 bits per heavy atom. The molecule has 1 unspecified atom stereocenters. The molecule has 1 N–H and O–H groups in total. The monoisotopic (exact) mass is 341 g/mol. The van der Waals surface area contributed by atoms with Crippen LogP contribution in [-0.4, -0.2) is 32.5 Å². The standard InChI is InChI=1S/C21H27NO3/c1-2-17-8-10-19(11-9-17)24-14-12-22-18-5-3-6-20(15-18)25-16-21-7-4-13-23-21/h3,5-6,8-11,15,21-22H,2,4,7,12-14,16H2,1H3. The fourth-order valence-electron chi connectivity index (χ4n) is 2.85. The topological polar surface area (TPSA) is 39.7 Å². The Bertz CT molecular complexity index is 636. The third-order valence-electron chi connectivity index (χ3n) is 4.33. The van der Waals surface area contributed by atoms with E-state index in [9.17, 15) is 0 Å². The van der Waals surface area contributed by atoms with Gasteiger partial charge in [0.15, 0.2) is 0 Å². The van der Waals surface area contributed by atoms with E-state index >= 15 is 0 Å². The van der Waals surface area contributed by atoms with Crippen LogP contribution in [-0.2, 0) is 11.2 Å². The van der Waals surface area contributed by atoms with Crippen LogP contribution in [0, 0.1) is 0 Å². The summed E-state index contributed by atoms with van der Waals surface area (Å²) in [5, 5.41) is 3.37. The van der Waals surface area contributed by atoms with Gasteiger partial charge in [-0.25, -0.2) is 0 Å². The Labute approximate surface area is 150 Å². The maximum absolute atomic E-state index is 5.83. The van der Waals surface area contributed by atoms with E-state index in [2.05, 4.69) is 24.4 Å². The first-order valence-electron chi connectivity index (χ1n) is 9.13. The van der Waals surface area contributed by atoms with Crippen LogP contribution < -0.4 is 14.8 Å². The molecule has 25 heavy (non-hydrogen) atoms. The second-order valence-corrected chi connectivity index (χ2v) is 6.25. The Morgan fingerprint density at radius 3 is 2.72 bits per heavy atom. The lowest BCUT2D eigenvalue weighted by molar-refractivity contribution is 0.0680. The predicted molar refractivity (Wildman–Crippen MR) is 101 cm³/mol. The maximum Gasteiger partial charge on any atom is 0.121 e.